The lowest BCUT2D eigenvalue weighted by atomic mass is 10.1. The Hall–Kier alpha value is -1.59. The van der Waals surface area contributed by atoms with Gasteiger partial charge in [-0.25, -0.2) is 0 Å². The van der Waals surface area contributed by atoms with Crippen LogP contribution in [0.15, 0.2) is 24.3 Å². The minimum atomic E-state index is -0.987. The van der Waals surface area contributed by atoms with E-state index < -0.39 is 6.10 Å². The van der Waals surface area contributed by atoms with Crippen LogP contribution in [-0.4, -0.2) is 59.0 Å². The molecule has 0 spiro atoms. The first-order valence-corrected chi connectivity index (χ1v) is 7.34. The largest absolute Gasteiger partial charge is 0.384 e. The predicted molar refractivity (Wildman–Crippen MR) is 80.0 cm³/mol. The number of aliphatic hydroxyl groups is 1. The van der Waals surface area contributed by atoms with Crippen LogP contribution in [0.5, 0.6) is 0 Å². The van der Waals surface area contributed by atoms with Gasteiger partial charge >= 0.3 is 0 Å². The third-order valence-electron chi connectivity index (χ3n) is 3.55. The lowest BCUT2D eigenvalue weighted by Gasteiger charge is -2.35. The predicted octanol–water partition coefficient (Wildman–Crippen LogP) is 0.934. The smallest absolute Gasteiger partial charge is 0.251 e. The number of carbonyl (C=O) groups is 2. The molecule has 0 aliphatic carbocycles. The van der Waals surface area contributed by atoms with Gasteiger partial charge in [-0.1, -0.05) is 23.7 Å². The molecule has 1 aromatic carbocycles. The highest BCUT2D eigenvalue weighted by atomic mass is 35.5. The summed E-state index contributed by atoms with van der Waals surface area (Å²) in [5.74, 6) is -0.252. The second-order valence-electron chi connectivity index (χ2n) is 5.19. The van der Waals surface area contributed by atoms with Crippen LogP contribution in [0, 0.1) is 0 Å². The van der Waals surface area contributed by atoms with Crippen molar-refractivity contribution in [3.05, 3.63) is 34.9 Å². The molecule has 1 saturated heterocycles. The van der Waals surface area contributed by atoms with Gasteiger partial charge < -0.3 is 14.9 Å². The molecule has 0 radical (unpaired) electrons. The molecule has 1 aliphatic heterocycles. The highest BCUT2D eigenvalue weighted by molar-refractivity contribution is 6.30. The zero-order valence-electron chi connectivity index (χ0n) is 12.0. The first-order chi connectivity index (χ1) is 9.97. The van der Waals surface area contributed by atoms with Crippen molar-refractivity contribution in [3.8, 4) is 0 Å². The van der Waals surface area contributed by atoms with E-state index >= 15 is 0 Å². The van der Waals surface area contributed by atoms with E-state index in [4.69, 9.17) is 11.6 Å². The number of aliphatic hydroxyl groups excluding tert-OH is 1. The number of benzene rings is 1. The van der Waals surface area contributed by atoms with Gasteiger partial charge in [-0.2, -0.15) is 0 Å². The molecule has 1 atom stereocenters. The van der Waals surface area contributed by atoms with Gasteiger partial charge in [0, 0.05) is 31.2 Å². The van der Waals surface area contributed by atoms with Gasteiger partial charge in [0.15, 0.2) is 0 Å². The molecule has 114 valence electrons. The summed E-state index contributed by atoms with van der Waals surface area (Å²) in [4.78, 5) is 27.2. The quantitative estimate of drug-likeness (QED) is 0.903. The Kier molecular flexibility index (Phi) is 5.20. The Labute approximate surface area is 129 Å². The molecule has 0 aromatic heterocycles. The van der Waals surface area contributed by atoms with Crippen LogP contribution < -0.4 is 0 Å². The molecule has 5 nitrogen and oxygen atoms in total. The summed E-state index contributed by atoms with van der Waals surface area (Å²) >= 11 is 5.90. The van der Waals surface area contributed by atoms with E-state index in [0.717, 1.165) is 5.56 Å². The molecule has 0 bridgehead atoms. The van der Waals surface area contributed by atoms with Crippen molar-refractivity contribution < 1.29 is 14.7 Å². The molecule has 6 heteroatoms. The van der Waals surface area contributed by atoms with E-state index in [0.29, 0.717) is 37.6 Å². The zero-order valence-corrected chi connectivity index (χ0v) is 12.7. The van der Waals surface area contributed by atoms with Crippen LogP contribution >= 0.6 is 11.6 Å². The molecular weight excluding hydrogens is 292 g/mol. The summed E-state index contributed by atoms with van der Waals surface area (Å²) in [6.45, 7) is 3.38. The Bertz CT molecular complexity index is 525. The minimum Gasteiger partial charge on any atom is -0.384 e. The number of hydrogen-bond acceptors (Lipinski definition) is 3. The molecule has 21 heavy (non-hydrogen) atoms. The number of amides is 2. The maximum Gasteiger partial charge on any atom is 0.251 e. The van der Waals surface area contributed by atoms with Crippen molar-refractivity contribution in [3.63, 3.8) is 0 Å². The molecule has 1 fully saturated rings. The van der Waals surface area contributed by atoms with Gasteiger partial charge in [0.25, 0.3) is 5.91 Å². The number of carbonyl (C=O) groups excluding carboxylic acids is 2. The summed E-state index contributed by atoms with van der Waals surface area (Å²) in [7, 11) is 0. The summed E-state index contributed by atoms with van der Waals surface area (Å²) in [5.41, 5.74) is 0.884. The first-order valence-electron chi connectivity index (χ1n) is 6.96. The number of rotatable bonds is 3. The van der Waals surface area contributed by atoms with E-state index in [-0.39, 0.29) is 11.8 Å². The fourth-order valence-electron chi connectivity index (χ4n) is 2.37. The van der Waals surface area contributed by atoms with E-state index in [2.05, 4.69) is 0 Å². The molecule has 1 heterocycles. The van der Waals surface area contributed by atoms with Gasteiger partial charge in [0.2, 0.25) is 5.91 Å². The van der Waals surface area contributed by atoms with Crippen molar-refractivity contribution in [2.45, 2.75) is 19.4 Å². The van der Waals surface area contributed by atoms with E-state index in [9.17, 15) is 14.7 Å². The van der Waals surface area contributed by atoms with Crippen molar-refractivity contribution >= 4 is 23.4 Å². The van der Waals surface area contributed by atoms with Crippen molar-refractivity contribution in [2.24, 2.45) is 0 Å². The zero-order chi connectivity index (χ0) is 15.4. The molecule has 2 rings (SSSR count). The SMILES string of the molecule is CC(O)C(=O)N1CCN(C(=O)Cc2cccc(Cl)c2)CC1. The first kappa shape index (κ1) is 15.8. The van der Waals surface area contributed by atoms with Crippen LogP contribution in [0.1, 0.15) is 12.5 Å². The number of piperazine rings is 1. The molecular formula is C15H19ClN2O3. The van der Waals surface area contributed by atoms with Crippen LogP contribution in [0.3, 0.4) is 0 Å². The fourth-order valence-corrected chi connectivity index (χ4v) is 2.59. The third-order valence-corrected chi connectivity index (χ3v) is 3.78. The van der Waals surface area contributed by atoms with Gasteiger partial charge in [-0.3, -0.25) is 9.59 Å². The topological polar surface area (TPSA) is 60.9 Å². The van der Waals surface area contributed by atoms with E-state index in [1.807, 2.05) is 12.1 Å². The summed E-state index contributed by atoms with van der Waals surface area (Å²) in [5, 5.41) is 9.90. The van der Waals surface area contributed by atoms with Crippen LogP contribution in [0.4, 0.5) is 0 Å². The highest BCUT2D eigenvalue weighted by Gasteiger charge is 2.25. The van der Waals surface area contributed by atoms with Gasteiger partial charge in [0.05, 0.1) is 6.42 Å². The maximum absolute atomic E-state index is 12.2. The van der Waals surface area contributed by atoms with Crippen LogP contribution in [-0.2, 0) is 16.0 Å². The van der Waals surface area contributed by atoms with E-state index in [1.165, 1.54) is 6.92 Å². The summed E-state index contributed by atoms with van der Waals surface area (Å²) in [6.07, 6.45) is -0.677. The van der Waals surface area contributed by atoms with Crippen molar-refractivity contribution in [1.82, 2.24) is 9.80 Å². The highest BCUT2D eigenvalue weighted by Crippen LogP contribution is 2.13. The average Bonchev–Trinajstić information content (AvgIpc) is 2.46. The number of halogens is 1. The standard InChI is InChI=1S/C15H19ClN2O3/c1-11(19)15(21)18-7-5-17(6-8-18)14(20)10-12-3-2-4-13(16)9-12/h2-4,9,11,19H,5-8,10H2,1H3. The minimum absolute atomic E-state index is 0.0291. The Morgan fingerprint density at radius 3 is 2.43 bits per heavy atom. The lowest BCUT2D eigenvalue weighted by molar-refractivity contribution is -0.144. The van der Waals surface area contributed by atoms with Gasteiger partial charge in [-0.05, 0) is 24.6 Å². The second kappa shape index (κ2) is 6.91. The molecule has 0 saturated carbocycles. The normalized spacial score (nSPS) is 16.7. The molecule has 1 N–H and O–H groups in total. The second-order valence-corrected chi connectivity index (χ2v) is 5.63. The van der Waals surface area contributed by atoms with Gasteiger partial charge in [-0.15, -0.1) is 0 Å². The molecule has 1 unspecified atom stereocenters. The lowest BCUT2D eigenvalue weighted by Crippen LogP contribution is -2.52. The van der Waals surface area contributed by atoms with E-state index in [1.54, 1.807) is 21.9 Å². The van der Waals surface area contributed by atoms with Crippen molar-refractivity contribution in [2.75, 3.05) is 26.2 Å². The molecule has 1 aromatic rings. The van der Waals surface area contributed by atoms with Gasteiger partial charge in [0.1, 0.15) is 6.10 Å². The monoisotopic (exact) mass is 310 g/mol. The van der Waals surface area contributed by atoms with Crippen LogP contribution in [0.25, 0.3) is 0 Å². The Morgan fingerprint density at radius 2 is 1.86 bits per heavy atom. The number of hydrogen-bond donors (Lipinski definition) is 1. The summed E-state index contributed by atoms with van der Waals surface area (Å²) in [6, 6.07) is 7.25. The Morgan fingerprint density at radius 1 is 1.24 bits per heavy atom. The fraction of sp³-hybridized carbons (Fsp3) is 0.467. The summed E-state index contributed by atoms with van der Waals surface area (Å²) < 4.78 is 0. The third kappa shape index (κ3) is 4.19. The molecule has 1 aliphatic rings. The maximum atomic E-state index is 12.2. The Balaban J connectivity index is 1.87. The molecule has 2 amide bonds. The average molecular weight is 311 g/mol. The number of nitrogens with zero attached hydrogens (tertiary/aromatic N) is 2. The van der Waals surface area contributed by atoms with Crippen LogP contribution in [0.2, 0.25) is 5.02 Å². The van der Waals surface area contributed by atoms with Crippen molar-refractivity contribution in [1.29, 1.82) is 0 Å².